The number of rotatable bonds is 9. The Labute approximate surface area is 239 Å². The van der Waals surface area contributed by atoms with Gasteiger partial charge in [-0.2, -0.15) is 0 Å². The highest BCUT2D eigenvalue weighted by molar-refractivity contribution is 5.85. The van der Waals surface area contributed by atoms with Gasteiger partial charge in [-0.05, 0) is 53.6 Å². The number of benzene rings is 2. The van der Waals surface area contributed by atoms with Crippen LogP contribution in [0.4, 0.5) is 11.5 Å². The largest absolute Gasteiger partial charge is 0.491 e. The SMILES string of the molecule is COc1c(NCc2ccc(-n3c(-c4cccnc4N)nc4ccc(-c5cccc(CC(N)=O)c5)nc43)cc2)c(=O)c1=O. The van der Waals surface area contributed by atoms with Crippen LogP contribution in [0.25, 0.3) is 39.5 Å². The molecule has 0 saturated carbocycles. The van der Waals surface area contributed by atoms with Crippen LogP contribution < -0.4 is 32.4 Å². The lowest BCUT2D eigenvalue weighted by molar-refractivity contribution is -0.117. The number of carbonyl (C=O) groups excluding carboxylic acids is 1. The van der Waals surface area contributed by atoms with Crippen LogP contribution in [0.3, 0.4) is 0 Å². The van der Waals surface area contributed by atoms with E-state index in [2.05, 4.69) is 10.3 Å². The van der Waals surface area contributed by atoms with Crippen LogP contribution in [0.15, 0.2) is 88.6 Å². The molecule has 0 unspecified atom stereocenters. The van der Waals surface area contributed by atoms with Crippen molar-refractivity contribution < 1.29 is 9.53 Å². The first-order valence-electron chi connectivity index (χ1n) is 13.0. The van der Waals surface area contributed by atoms with E-state index in [9.17, 15) is 14.4 Å². The highest BCUT2D eigenvalue weighted by Crippen LogP contribution is 2.32. The molecular formula is C31H25N7O4. The molecule has 3 aromatic heterocycles. The second kappa shape index (κ2) is 10.6. The standard InChI is InChI=1S/C31H25N7O4/c1-42-28-25(26(40)27(28)41)35-16-17-7-9-20(10-8-17)38-30(21-6-3-13-34-29(21)33)37-23-12-11-22(36-31(23)38)19-5-2-4-18(14-19)15-24(32)39/h2-14,35H,15-16H2,1H3,(H2,32,39)(H2,33,34). The molecule has 5 N–H and O–H groups in total. The number of amides is 1. The molecule has 208 valence electrons. The molecule has 0 radical (unpaired) electrons. The molecule has 0 aliphatic heterocycles. The number of nitrogens with one attached hydrogen (secondary N) is 1. The predicted molar refractivity (Wildman–Crippen MR) is 160 cm³/mol. The second-order valence-corrected chi connectivity index (χ2v) is 9.68. The molecule has 0 spiro atoms. The minimum Gasteiger partial charge on any atom is -0.491 e. The Kier molecular flexibility index (Phi) is 6.67. The maximum Gasteiger partial charge on any atom is 0.271 e. The van der Waals surface area contributed by atoms with Crippen LogP contribution in [-0.4, -0.2) is 32.5 Å². The number of nitrogens with zero attached hydrogens (tertiary/aromatic N) is 4. The first kappa shape index (κ1) is 26.4. The summed E-state index contributed by atoms with van der Waals surface area (Å²) >= 11 is 0. The van der Waals surface area contributed by atoms with Gasteiger partial charge in [-0.15, -0.1) is 0 Å². The van der Waals surface area contributed by atoms with Crippen LogP contribution in [0.5, 0.6) is 5.75 Å². The molecule has 0 aliphatic rings. The molecule has 0 saturated heterocycles. The van der Waals surface area contributed by atoms with Crippen molar-refractivity contribution in [2.75, 3.05) is 18.2 Å². The Balaban J connectivity index is 1.41. The molecule has 0 fully saturated rings. The molecular weight excluding hydrogens is 534 g/mol. The molecule has 42 heavy (non-hydrogen) atoms. The normalized spacial score (nSPS) is 11.2. The molecule has 6 aromatic rings. The van der Waals surface area contributed by atoms with Crippen molar-refractivity contribution >= 4 is 28.6 Å². The molecule has 11 nitrogen and oxygen atoms in total. The number of imidazole rings is 1. The smallest absolute Gasteiger partial charge is 0.271 e. The monoisotopic (exact) mass is 559 g/mol. The fraction of sp³-hybridized carbons (Fsp3) is 0.0968. The summed E-state index contributed by atoms with van der Waals surface area (Å²) in [7, 11) is 1.36. The third-order valence-electron chi connectivity index (χ3n) is 6.92. The number of nitrogens with two attached hydrogens (primary N) is 2. The van der Waals surface area contributed by atoms with E-state index < -0.39 is 16.8 Å². The molecule has 3 aromatic carbocycles. The minimum atomic E-state index is -0.629. The Morgan fingerprint density at radius 3 is 2.50 bits per heavy atom. The summed E-state index contributed by atoms with van der Waals surface area (Å²) in [5.74, 6) is 0.537. The minimum absolute atomic E-state index is 0.0437. The summed E-state index contributed by atoms with van der Waals surface area (Å²) in [6, 6.07) is 22.6. The topological polar surface area (TPSA) is 168 Å². The molecule has 0 bridgehead atoms. The third-order valence-corrected chi connectivity index (χ3v) is 6.92. The molecule has 1 amide bonds. The van der Waals surface area contributed by atoms with E-state index >= 15 is 0 Å². The number of pyridine rings is 2. The maximum atomic E-state index is 11.9. The molecule has 11 heteroatoms. The van der Waals surface area contributed by atoms with E-state index in [1.54, 1.807) is 12.3 Å². The fourth-order valence-corrected chi connectivity index (χ4v) is 4.87. The lowest BCUT2D eigenvalue weighted by atomic mass is 10.1. The average molecular weight is 560 g/mol. The average Bonchev–Trinajstić information content (AvgIpc) is 3.37. The van der Waals surface area contributed by atoms with Gasteiger partial charge in [0.1, 0.15) is 17.0 Å². The second-order valence-electron chi connectivity index (χ2n) is 9.68. The van der Waals surface area contributed by atoms with Crippen molar-refractivity contribution in [1.82, 2.24) is 19.5 Å². The highest BCUT2D eigenvalue weighted by Gasteiger charge is 2.22. The molecule has 6 rings (SSSR count). The predicted octanol–water partition coefficient (Wildman–Crippen LogP) is 2.98. The van der Waals surface area contributed by atoms with Gasteiger partial charge in [0.05, 0.1) is 24.8 Å². The third kappa shape index (κ3) is 4.73. The zero-order valence-electron chi connectivity index (χ0n) is 22.5. The van der Waals surface area contributed by atoms with E-state index in [1.807, 2.05) is 71.3 Å². The van der Waals surface area contributed by atoms with Crippen molar-refractivity contribution in [3.63, 3.8) is 0 Å². The van der Waals surface area contributed by atoms with Crippen molar-refractivity contribution in [3.05, 3.63) is 111 Å². The quantitative estimate of drug-likeness (QED) is 0.226. The number of methoxy groups -OCH3 is 1. The number of nitrogen functional groups attached to an aromatic ring is 1. The summed E-state index contributed by atoms with van der Waals surface area (Å²) < 4.78 is 6.92. The van der Waals surface area contributed by atoms with E-state index in [-0.39, 0.29) is 17.9 Å². The Bertz CT molecular complexity index is 2040. The zero-order valence-corrected chi connectivity index (χ0v) is 22.5. The van der Waals surface area contributed by atoms with Gasteiger partial charge in [-0.1, -0.05) is 30.3 Å². The lowest BCUT2D eigenvalue weighted by Crippen LogP contribution is -2.35. The van der Waals surface area contributed by atoms with E-state index in [0.29, 0.717) is 40.6 Å². The lowest BCUT2D eigenvalue weighted by Gasteiger charge is -2.13. The number of carbonyl (C=O) groups is 1. The van der Waals surface area contributed by atoms with Gasteiger partial charge >= 0.3 is 0 Å². The van der Waals surface area contributed by atoms with Gasteiger partial charge in [0.2, 0.25) is 5.91 Å². The number of fused-ring (bicyclic) bond motifs is 1. The molecule has 0 aliphatic carbocycles. The van der Waals surface area contributed by atoms with Gasteiger partial charge in [0, 0.05) is 24.0 Å². The van der Waals surface area contributed by atoms with Crippen molar-refractivity contribution in [3.8, 4) is 34.1 Å². The van der Waals surface area contributed by atoms with Crippen molar-refractivity contribution in [2.45, 2.75) is 13.0 Å². The van der Waals surface area contributed by atoms with Gasteiger partial charge in [0.15, 0.2) is 17.2 Å². The van der Waals surface area contributed by atoms with Crippen LogP contribution in [0, 0.1) is 0 Å². The van der Waals surface area contributed by atoms with E-state index in [4.69, 9.17) is 26.2 Å². The summed E-state index contributed by atoms with van der Waals surface area (Å²) in [6.45, 7) is 0.318. The zero-order chi connectivity index (χ0) is 29.4. The summed E-state index contributed by atoms with van der Waals surface area (Å²) in [4.78, 5) is 49.1. The van der Waals surface area contributed by atoms with Crippen molar-refractivity contribution in [1.29, 1.82) is 0 Å². The van der Waals surface area contributed by atoms with Gasteiger partial charge in [-0.3, -0.25) is 19.0 Å². The number of ether oxygens (including phenoxy) is 1. The Morgan fingerprint density at radius 2 is 1.76 bits per heavy atom. The first-order valence-corrected chi connectivity index (χ1v) is 13.0. The summed E-state index contributed by atoms with van der Waals surface area (Å²) in [5.41, 5.74) is 16.5. The Hall–Kier alpha value is -5.84. The number of hydrogen-bond acceptors (Lipinski definition) is 9. The van der Waals surface area contributed by atoms with Crippen LogP contribution in [0.1, 0.15) is 11.1 Å². The molecule has 0 atom stereocenters. The van der Waals surface area contributed by atoms with E-state index in [0.717, 1.165) is 22.4 Å². The van der Waals surface area contributed by atoms with Crippen LogP contribution in [0.2, 0.25) is 0 Å². The van der Waals surface area contributed by atoms with E-state index in [1.165, 1.54) is 7.11 Å². The fourth-order valence-electron chi connectivity index (χ4n) is 4.87. The number of hydrogen-bond donors (Lipinski definition) is 3. The highest BCUT2D eigenvalue weighted by atomic mass is 16.5. The number of aromatic nitrogens is 4. The van der Waals surface area contributed by atoms with Crippen molar-refractivity contribution in [2.24, 2.45) is 5.73 Å². The van der Waals surface area contributed by atoms with Gasteiger partial charge in [-0.25, -0.2) is 15.0 Å². The van der Waals surface area contributed by atoms with Gasteiger partial charge < -0.3 is 21.5 Å². The molecule has 3 heterocycles. The Morgan fingerprint density at radius 1 is 0.952 bits per heavy atom. The maximum absolute atomic E-state index is 11.9. The summed E-state index contributed by atoms with van der Waals surface area (Å²) in [5, 5.41) is 2.99. The van der Waals surface area contributed by atoms with Crippen LogP contribution in [-0.2, 0) is 17.8 Å². The summed E-state index contributed by atoms with van der Waals surface area (Å²) in [6.07, 6.45) is 1.75. The van der Waals surface area contributed by atoms with Gasteiger partial charge in [0.25, 0.3) is 10.9 Å². The van der Waals surface area contributed by atoms with Crippen LogP contribution >= 0.6 is 0 Å². The number of anilines is 2. The number of primary amides is 1. The first-order chi connectivity index (χ1) is 20.3.